The van der Waals surface area contributed by atoms with Gasteiger partial charge in [-0.2, -0.15) is 9.78 Å². The number of benzene rings is 3. The van der Waals surface area contributed by atoms with Crippen LogP contribution in [0.2, 0.25) is 0 Å². The number of nitro groups is 1. The van der Waals surface area contributed by atoms with Crippen LogP contribution in [-0.2, 0) is 9.53 Å². The molecule has 212 valence electrons. The Morgan fingerprint density at radius 1 is 1.12 bits per heavy atom. The maximum atomic E-state index is 13.7. The fourth-order valence-corrected chi connectivity index (χ4v) is 4.28. The van der Waals surface area contributed by atoms with E-state index < -0.39 is 23.1 Å². The molecule has 0 saturated heterocycles. The maximum absolute atomic E-state index is 13.7. The van der Waals surface area contributed by atoms with E-state index in [9.17, 15) is 19.7 Å². The first kappa shape index (κ1) is 28.9. The molecule has 41 heavy (non-hydrogen) atoms. The van der Waals surface area contributed by atoms with E-state index >= 15 is 0 Å². The Morgan fingerprint density at radius 3 is 2.56 bits per heavy atom. The number of aromatic nitrogens is 2. The van der Waals surface area contributed by atoms with Crippen molar-refractivity contribution in [2.75, 3.05) is 20.3 Å². The summed E-state index contributed by atoms with van der Waals surface area (Å²) in [5.74, 6) is 0.448. The first-order chi connectivity index (χ1) is 19.6. The van der Waals surface area contributed by atoms with Crippen LogP contribution in [0.1, 0.15) is 43.4 Å². The molecule has 0 aliphatic carbocycles. The number of para-hydroxylation sites is 1. The Kier molecular flexibility index (Phi) is 8.76. The summed E-state index contributed by atoms with van der Waals surface area (Å²) in [5, 5.41) is 16.5. The first-order valence-corrected chi connectivity index (χ1v) is 13.0. The van der Waals surface area contributed by atoms with Crippen LogP contribution in [0.4, 0.5) is 5.69 Å². The van der Waals surface area contributed by atoms with Crippen LogP contribution >= 0.6 is 0 Å². The summed E-state index contributed by atoms with van der Waals surface area (Å²) in [6, 6.07) is 15.0. The Bertz CT molecular complexity index is 1710. The van der Waals surface area contributed by atoms with Crippen molar-refractivity contribution < 1.29 is 23.9 Å². The van der Waals surface area contributed by atoms with Crippen molar-refractivity contribution in [3.05, 3.63) is 91.8 Å². The Balaban J connectivity index is 1.86. The molecule has 11 heteroatoms. The number of esters is 1. The number of carbonyl (C=O) groups is 1. The minimum absolute atomic E-state index is 0.103. The predicted molar refractivity (Wildman–Crippen MR) is 155 cm³/mol. The molecule has 3 aromatic carbocycles. The van der Waals surface area contributed by atoms with Crippen molar-refractivity contribution >= 4 is 28.8 Å². The third kappa shape index (κ3) is 6.24. The first-order valence-electron chi connectivity index (χ1n) is 13.0. The summed E-state index contributed by atoms with van der Waals surface area (Å²) in [4.78, 5) is 40.9. The van der Waals surface area contributed by atoms with E-state index in [2.05, 4.69) is 23.7 Å². The van der Waals surface area contributed by atoms with Gasteiger partial charge in [0, 0.05) is 17.2 Å². The molecule has 0 aliphatic rings. The van der Waals surface area contributed by atoms with Gasteiger partial charge in [0.2, 0.25) is 0 Å². The number of rotatable bonds is 10. The number of hydrogen-bond donors (Lipinski definition) is 0. The summed E-state index contributed by atoms with van der Waals surface area (Å²) in [6.45, 7) is 7.98. The van der Waals surface area contributed by atoms with E-state index in [4.69, 9.17) is 14.5 Å². The van der Waals surface area contributed by atoms with Crippen LogP contribution < -0.4 is 15.0 Å². The number of nitro benzene ring substituents is 1. The minimum Gasteiger partial charge on any atom is -0.494 e. The third-order valence-electron chi connectivity index (χ3n) is 6.35. The fourth-order valence-electron chi connectivity index (χ4n) is 4.28. The summed E-state index contributed by atoms with van der Waals surface area (Å²) >= 11 is 0. The standard InChI is InChI=1S/C30H30N4O7/c1-6-40-27-13-19(4)23(15-22(27)18(2)3)29-32-24-10-8-7-9-21(24)30(36)33(29)31-16-20-11-12-26(25(14-20)34(37)38)41-17-28(35)39-5/h7-16,18H,6,17H2,1-5H3. The zero-order chi connectivity index (χ0) is 29.7. The quantitative estimate of drug-likeness (QED) is 0.112. The Labute approximate surface area is 236 Å². The molecule has 0 bridgehead atoms. The number of methoxy groups -OCH3 is 1. The van der Waals surface area contributed by atoms with Crippen LogP contribution in [0.15, 0.2) is 64.5 Å². The number of hydrogen-bond acceptors (Lipinski definition) is 9. The van der Waals surface area contributed by atoms with E-state index in [1.807, 2.05) is 26.0 Å². The van der Waals surface area contributed by atoms with Crippen molar-refractivity contribution in [3.63, 3.8) is 0 Å². The fraction of sp³-hybridized carbons (Fsp3) is 0.267. The third-order valence-corrected chi connectivity index (χ3v) is 6.35. The molecule has 0 unspecified atom stereocenters. The monoisotopic (exact) mass is 558 g/mol. The summed E-state index contributed by atoms with van der Waals surface area (Å²) in [7, 11) is 1.19. The molecule has 11 nitrogen and oxygen atoms in total. The Hall–Kier alpha value is -5.06. The average molecular weight is 559 g/mol. The number of nitrogens with zero attached hydrogens (tertiary/aromatic N) is 4. The van der Waals surface area contributed by atoms with Gasteiger partial charge in [-0.3, -0.25) is 14.9 Å². The molecule has 1 aromatic heterocycles. The molecule has 0 saturated carbocycles. The highest BCUT2D eigenvalue weighted by molar-refractivity contribution is 5.83. The van der Waals surface area contributed by atoms with Gasteiger partial charge in [0.05, 0.1) is 35.8 Å². The van der Waals surface area contributed by atoms with Gasteiger partial charge >= 0.3 is 11.7 Å². The number of fused-ring (bicyclic) bond motifs is 1. The van der Waals surface area contributed by atoms with Crippen LogP contribution in [-0.4, -0.2) is 47.1 Å². The molecule has 4 aromatic rings. The zero-order valence-corrected chi connectivity index (χ0v) is 23.4. The van der Waals surface area contributed by atoms with E-state index in [0.29, 0.717) is 34.5 Å². The van der Waals surface area contributed by atoms with Gasteiger partial charge in [-0.1, -0.05) is 26.0 Å². The van der Waals surface area contributed by atoms with Crippen molar-refractivity contribution in [1.82, 2.24) is 9.66 Å². The molecular formula is C30H30N4O7. The second kappa shape index (κ2) is 12.4. The van der Waals surface area contributed by atoms with Gasteiger partial charge < -0.3 is 14.2 Å². The smallest absolute Gasteiger partial charge is 0.343 e. The van der Waals surface area contributed by atoms with Gasteiger partial charge in [-0.25, -0.2) is 9.78 Å². The van der Waals surface area contributed by atoms with E-state index in [0.717, 1.165) is 16.9 Å². The van der Waals surface area contributed by atoms with E-state index in [1.165, 1.54) is 36.2 Å². The lowest BCUT2D eigenvalue weighted by Crippen LogP contribution is -2.21. The second-order valence-corrected chi connectivity index (χ2v) is 9.46. The molecule has 4 rings (SSSR count). The second-order valence-electron chi connectivity index (χ2n) is 9.46. The molecule has 0 N–H and O–H groups in total. The van der Waals surface area contributed by atoms with Crippen molar-refractivity contribution in [2.45, 2.75) is 33.6 Å². The van der Waals surface area contributed by atoms with Crippen LogP contribution in [0, 0.1) is 17.0 Å². The van der Waals surface area contributed by atoms with Crippen LogP contribution in [0.5, 0.6) is 11.5 Å². The highest BCUT2D eigenvalue weighted by Crippen LogP contribution is 2.34. The molecular weight excluding hydrogens is 528 g/mol. The molecule has 0 aliphatic heterocycles. The lowest BCUT2D eigenvalue weighted by atomic mass is 9.96. The highest BCUT2D eigenvalue weighted by atomic mass is 16.6. The van der Waals surface area contributed by atoms with Gasteiger partial charge in [0.15, 0.2) is 18.2 Å². The molecule has 0 atom stereocenters. The minimum atomic E-state index is -0.675. The number of aryl methyl sites for hydroxylation is 1. The van der Waals surface area contributed by atoms with E-state index in [1.54, 1.807) is 24.3 Å². The molecule has 0 spiro atoms. The van der Waals surface area contributed by atoms with Crippen LogP contribution in [0.25, 0.3) is 22.3 Å². The Morgan fingerprint density at radius 2 is 1.88 bits per heavy atom. The van der Waals surface area contributed by atoms with Gasteiger partial charge in [-0.15, -0.1) is 0 Å². The van der Waals surface area contributed by atoms with Crippen molar-refractivity contribution in [1.29, 1.82) is 0 Å². The number of ether oxygens (including phenoxy) is 3. The summed E-state index contributed by atoms with van der Waals surface area (Å²) in [6.07, 6.45) is 1.34. The summed E-state index contributed by atoms with van der Waals surface area (Å²) in [5.41, 5.74) is 2.59. The predicted octanol–water partition coefficient (Wildman–Crippen LogP) is 5.24. The van der Waals surface area contributed by atoms with Crippen LogP contribution in [0.3, 0.4) is 0 Å². The highest BCUT2D eigenvalue weighted by Gasteiger charge is 2.20. The SMILES string of the molecule is CCOc1cc(C)c(-c2nc3ccccc3c(=O)n2N=Cc2ccc(OCC(=O)OC)c([N+](=O)[O-])c2)cc1C(C)C. The molecule has 0 fully saturated rings. The molecule has 0 radical (unpaired) electrons. The summed E-state index contributed by atoms with van der Waals surface area (Å²) < 4.78 is 16.8. The number of carbonyl (C=O) groups excluding carboxylic acids is 1. The lowest BCUT2D eigenvalue weighted by molar-refractivity contribution is -0.385. The van der Waals surface area contributed by atoms with Crippen molar-refractivity contribution in [3.8, 4) is 22.9 Å². The largest absolute Gasteiger partial charge is 0.494 e. The lowest BCUT2D eigenvalue weighted by Gasteiger charge is -2.18. The van der Waals surface area contributed by atoms with E-state index in [-0.39, 0.29) is 17.4 Å². The maximum Gasteiger partial charge on any atom is 0.343 e. The van der Waals surface area contributed by atoms with Crippen molar-refractivity contribution in [2.24, 2.45) is 5.10 Å². The van der Waals surface area contributed by atoms with Gasteiger partial charge in [0.1, 0.15) is 5.75 Å². The zero-order valence-electron chi connectivity index (χ0n) is 23.4. The normalized spacial score (nSPS) is 11.3. The average Bonchev–Trinajstić information content (AvgIpc) is 2.95. The van der Waals surface area contributed by atoms with Gasteiger partial charge in [-0.05, 0) is 67.3 Å². The molecule has 0 amide bonds. The topological polar surface area (TPSA) is 135 Å². The van der Waals surface area contributed by atoms with Gasteiger partial charge in [0.25, 0.3) is 5.56 Å². The molecule has 1 heterocycles.